The van der Waals surface area contributed by atoms with E-state index >= 15 is 0 Å². The summed E-state index contributed by atoms with van der Waals surface area (Å²) < 4.78 is 6.84. The minimum Gasteiger partial charge on any atom is -0.370 e. The Kier molecular flexibility index (Phi) is 4.75. The summed E-state index contributed by atoms with van der Waals surface area (Å²) in [4.78, 5) is 19.2. The average molecular weight is 365 g/mol. The number of aryl methyl sites for hydroxylation is 2. The minimum atomic E-state index is -0.119. The molecule has 0 N–H and O–H groups in total. The lowest BCUT2D eigenvalue weighted by Gasteiger charge is -2.28. The number of pyridine rings is 1. The SMILES string of the molecule is Cc1ccc(-c2noc(C)c2Cn2ncc(N3CCCCC3)cc2=O)cn1. The van der Waals surface area contributed by atoms with Crippen LogP contribution in [0.15, 0.2) is 39.9 Å². The summed E-state index contributed by atoms with van der Waals surface area (Å²) >= 11 is 0. The molecule has 0 amide bonds. The summed E-state index contributed by atoms with van der Waals surface area (Å²) in [6.07, 6.45) is 7.13. The molecule has 0 radical (unpaired) electrons. The Morgan fingerprint density at radius 1 is 1.11 bits per heavy atom. The van der Waals surface area contributed by atoms with Crippen LogP contribution in [0.3, 0.4) is 0 Å². The smallest absolute Gasteiger partial charge is 0.269 e. The maximum absolute atomic E-state index is 12.6. The molecule has 1 fully saturated rings. The Morgan fingerprint density at radius 3 is 2.63 bits per heavy atom. The molecule has 0 aromatic carbocycles. The fourth-order valence-corrected chi connectivity index (χ4v) is 3.43. The van der Waals surface area contributed by atoms with E-state index < -0.39 is 0 Å². The molecule has 0 spiro atoms. The van der Waals surface area contributed by atoms with Crippen LogP contribution in [0.1, 0.15) is 36.3 Å². The van der Waals surface area contributed by atoms with Crippen molar-refractivity contribution in [3.63, 3.8) is 0 Å². The summed E-state index contributed by atoms with van der Waals surface area (Å²) in [5.74, 6) is 0.680. The Morgan fingerprint density at radius 2 is 1.93 bits per heavy atom. The van der Waals surface area contributed by atoms with E-state index in [0.717, 1.165) is 48.4 Å². The van der Waals surface area contributed by atoms with Crippen molar-refractivity contribution in [3.05, 3.63) is 58.0 Å². The van der Waals surface area contributed by atoms with E-state index in [-0.39, 0.29) is 5.56 Å². The second-order valence-electron chi connectivity index (χ2n) is 7.01. The lowest BCUT2D eigenvalue weighted by Crippen LogP contribution is -2.32. The maximum Gasteiger partial charge on any atom is 0.269 e. The van der Waals surface area contributed by atoms with Gasteiger partial charge < -0.3 is 9.42 Å². The second kappa shape index (κ2) is 7.34. The van der Waals surface area contributed by atoms with Gasteiger partial charge in [0, 0.05) is 42.2 Å². The van der Waals surface area contributed by atoms with Crippen molar-refractivity contribution in [3.8, 4) is 11.3 Å². The fourth-order valence-electron chi connectivity index (χ4n) is 3.43. The Labute approximate surface area is 157 Å². The van der Waals surface area contributed by atoms with Crippen LogP contribution in [0.4, 0.5) is 5.69 Å². The molecule has 4 rings (SSSR count). The molecular weight excluding hydrogens is 342 g/mol. The number of nitrogens with zero attached hydrogens (tertiary/aromatic N) is 5. The zero-order valence-electron chi connectivity index (χ0n) is 15.7. The third-order valence-corrected chi connectivity index (χ3v) is 5.05. The lowest BCUT2D eigenvalue weighted by atomic mass is 10.1. The average Bonchev–Trinajstić information content (AvgIpc) is 3.05. The molecule has 1 aliphatic rings. The first-order valence-electron chi connectivity index (χ1n) is 9.32. The van der Waals surface area contributed by atoms with E-state index in [1.54, 1.807) is 18.5 Å². The molecule has 1 aliphatic heterocycles. The number of piperidine rings is 1. The third kappa shape index (κ3) is 3.63. The molecule has 1 saturated heterocycles. The Balaban J connectivity index is 1.62. The molecule has 0 atom stereocenters. The Bertz CT molecular complexity index is 984. The zero-order chi connectivity index (χ0) is 18.8. The molecule has 7 heteroatoms. The molecule has 0 saturated carbocycles. The minimum absolute atomic E-state index is 0.119. The number of hydrogen-bond acceptors (Lipinski definition) is 6. The van der Waals surface area contributed by atoms with Crippen LogP contribution in [0.25, 0.3) is 11.3 Å². The molecular formula is C20H23N5O2. The van der Waals surface area contributed by atoms with Crippen molar-refractivity contribution in [1.29, 1.82) is 0 Å². The van der Waals surface area contributed by atoms with E-state index in [1.165, 1.54) is 11.1 Å². The first kappa shape index (κ1) is 17.5. The third-order valence-electron chi connectivity index (χ3n) is 5.05. The topological polar surface area (TPSA) is 77.0 Å². The van der Waals surface area contributed by atoms with Crippen molar-refractivity contribution < 1.29 is 4.52 Å². The van der Waals surface area contributed by atoms with Crippen LogP contribution in [0.5, 0.6) is 0 Å². The van der Waals surface area contributed by atoms with Crippen LogP contribution < -0.4 is 10.5 Å². The monoisotopic (exact) mass is 365 g/mol. The lowest BCUT2D eigenvalue weighted by molar-refractivity contribution is 0.397. The van der Waals surface area contributed by atoms with Gasteiger partial charge in [-0.1, -0.05) is 5.16 Å². The van der Waals surface area contributed by atoms with Gasteiger partial charge in [-0.3, -0.25) is 9.78 Å². The van der Waals surface area contributed by atoms with Crippen molar-refractivity contribution in [2.45, 2.75) is 39.7 Å². The van der Waals surface area contributed by atoms with E-state index in [9.17, 15) is 4.79 Å². The Hall–Kier alpha value is -2.96. The number of aromatic nitrogens is 4. The highest BCUT2D eigenvalue weighted by Gasteiger charge is 2.18. The fraction of sp³-hybridized carbons (Fsp3) is 0.400. The molecule has 27 heavy (non-hydrogen) atoms. The van der Waals surface area contributed by atoms with Gasteiger partial charge >= 0.3 is 0 Å². The van der Waals surface area contributed by atoms with Gasteiger partial charge in [0.25, 0.3) is 5.56 Å². The predicted molar refractivity (Wildman–Crippen MR) is 103 cm³/mol. The molecule has 3 aromatic heterocycles. The number of hydrogen-bond donors (Lipinski definition) is 0. The molecule has 4 heterocycles. The summed E-state index contributed by atoms with van der Waals surface area (Å²) in [5, 5.41) is 8.56. The molecule has 7 nitrogen and oxygen atoms in total. The first-order chi connectivity index (χ1) is 13.1. The summed E-state index contributed by atoms with van der Waals surface area (Å²) in [6, 6.07) is 5.56. The van der Waals surface area contributed by atoms with Crippen LogP contribution in [0.2, 0.25) is 0 Å². The van der Waals surface area contributed by atoms with E-state index in [4.69, 9.17) is 4.52 Å². The largest absolute Gasteiger partial charge is 0.370 e. The molecule has 140 valence electrons. The van der Waals surface area contributed by atoms with E-state index in [2.05, 4.69) is 20.1 Å². The molecule has 0 unspecified atom stereocenters. The van der Waals surface area contributed by atoms with Gasteiger partial charge in [-0.05, 0) is 45.2 Å². The molecule has 0 bridgehead atoms. The van der Waals surface area contributed by atoms with Crippen molar-refractivity contribution in [1.82, 2.24) is 19.9 Å². The van der Waals surface area contributed by atoms with Crippen molar-refractivity contribution in [2.75, 3.05) is 18.0 Å². The van der Waals surface area contributed by atoms with Gasteiger partial charge in [-0.2, -0.15) is 5.10 Å². The standard InChI is InChI=1S/C20H23N5O2/c1-14-6-7-16(11-21-14)20-18(15(2)27-23-20)13-25-19(26)10-17(12-22-25)24-8-4-3-5-9-24/h6-7,10-12H,3-5,8-9,13H2,1-2H3. The normalized spacial score (nSPS) is 14.5. The van der Waals surface area contributed by atoms with Gasteiger partial charge in [0.15, 0.2) is 0 Å². The van der Waals surface area contributed by atoms with Gasteiger partial charge in [0.2, 0.25) is 0 Å². The van der Waals surface area contributed by atoms with Crippen molar-refractivity contribution >= 4 is 5.69 Å². The maximum atomic E-state index is 12.6. The summed E-state index contributed by atoms with van der Waals surface area (Å²) in [5.41, 5.74) is 4.14. The van der Waals surface area contributed by atoms with Crippen LogP contribution in [-0.2, 0) is 6.54 Å². The van der Waals surface area contributed by atoms with Crippen LogP contribution in [-0.4, -0.2) is 33.0 Å². The first-order valence-corrected chi connectivity index (χ1v) is 9.32. The zero-order valence-corrected chi connectivity index (χ0v) is 15.7. The van der Waals surface area contributed by atoms with Gasteiger partial charge in [0.05, 0.1) is 18.4 Å². The van der Waals surface area contributed by atoms with E-state index in [0.29, 0.717) is 18.0 Å². The van der Waals surface area contributed by atoms with Crippen LogP contribution in [0, 0.1) is 13.8 Å². The number of rotatable bonds is 4. The second-order valence-corrected chi connectivity index (χ2v) is 7.01. The number of anilines is 1. The highest BCUT2D eigenvalue weighted by molar-refractivity contribution is 5.62. The quantitative estimate of drug-likeness (QED) is 0.707. The predicted octanol–water partition coefficient (Wildman–Crippen LogP) is 2.95. The van der Waals surface area contributed by atoms with E-state index in [1.807, 2.05) is 26.0 Å². The molecule has 3 aromatic rings. The van der Waals surface area contributed by atoms with Gasteiger partial charge in [-0.15, -0.1) is 0 Å². The summed E-state index contributed by atoms with van der Waals surface area (Å²) in [6.45, 7) is 6.07. The highest BCUT2D eigenvalue weighted by atomic mass is 16.5. The van der Waals surface area contributed by atoms with Crippen molar-refractivity contribution in [2.24, 2.45) is 0 Å². The van der Waals surface area contributed by atoms with Gasteiger partial charge in [-0.25, -0.2) is 4.68 Å². The van der Waals surface area contributed by atoms with Gasteiger partial charge in [0.1, 0.15) is 11.5 Å². The highest BCUT2D eigenvalue weighted by Crippen LogP contribution is 2.25. The summed E-state index contributed by atoms with van der Waals surface area (Å²) in [7, 11) is 0. The molecule has 0 aliphatic carbocycles. The van der Waals surface area contributed by atoms with Crippen LogP contribution >= 0.6 is 0 Å².